The largest absolute Gasteiger partial charge is 0.122 e. The minimum absolute atomic E-state index is 1.26. The first-order valence-electron chi connectivity index (χ1n) is 9.12. The number of rotatable bonds is 16. The molecule has 0 nitrogen and oxygen atoms in total. The van der Waals surface area contributed by atoms with Gasteiger partial charge >= 0.3 is 0 Å². The Morgan fingerprint density at radius 1 is 0.421 bits per heavy atom. The maximum atomic E-state index is 2.30. The van der Waals surface area contributed by atoms with Crippen LogP contribution in [0.3, 0.4) is 0 Å². The first-order chi connectivity index (χ1) is 9.41. The zero-order chi connectivity index (χ0) is 14.0. The molecule has 0 atom stereocenters. The fourth-order valence-corrected chi connectivity index (χ4v) is 3.79. The smallest absolute Gasteiger partial charge is 0.0353 e. The number of hydrogen-bond donors (Lipinski definition) is 0. The molecule has 0 bridgehead atoms. The second kappa shape index (κ2) is 18.4. The van der Waals surface area contributed by atoms with E-state index in [9.17, 15) is 0 Å². The van der Waals surface area contributed by atoms with Crippen LogP contribution in [-0.4, -0.2) is 12.3 Å². The Balaban J connectivity index is 2.88. The van der Waals surface area contributed by atoms with E-state index in [1.54, 1.807) is 0 Å². The third-order valence-electron chi connectivity index (χ3n) is 3.91. The van der Waals surface area contributed by atoms with Crippen molar-refractivity contribution in [3.05, 3.63) is 0 Å². The Morgan fingerprint density at radius 3 is 1.11 bits per heavy atom. The molecular weight excluding hydrogens is 247 g/mol. The first-order valence-corrected chi connectivity index (χ1v) is 10.5. The molecule has 116 valence electrons. The van der Waals surface area contributed by atoms with Crippen LogP contribution in [0.15, 0.2) is 0 Å². The predicted octanol–water partition coefficient (Wildman–Crippen LogP) is 7.17. The molecule has 19 heavy (non-hydrogen) atoms. The SMILES string of the molecule is CCCCCCCCCPCCCCCCCCC. The van der Waals surface area contributed by atoms with E-state index in [1.807, 2.05) is 0 Å². The van der Waals surface area contributed by atoms with Gasteiger partial charge in [0.15, 0.2) is 0 Å². The van der Waals surface area contributed by atoms with Crippen molar-refractivity contribution in [3.8, 4) is 0 Å². The molecule has 0 saturated heterocycles. The second-order valence-electron chi connectivity index (χ2n) is 5.99. The minimum atomic E-state index is 1.26. The predicted molar refractivity (Wildman–Crippen MR) is 94.0 cm³/mol. The molecule has 0 aliphatic rings. The van der Waals surface area contributed by atoms with Crippen LogP contribution in [0.1, 0.15) is 104 Å². The molecule has 0 saturated carbocycles. The molecular formula is C18H39P. The molecule has 0 unspecified atom stereocenters. The van der Waals surface area contributed by atoms with Crippen LogP contribution in [0.5, 0.6) is 0 Å². The van der Waals surface area contributed by atoms with Crippen molar-refractivity contribution in [2.24, 2.45) is 0 Å². The van der Waals surface area contributed by atoms with Crippen molar-refractivity contribution >= 4 is 8.58 Å². The van der Waals surface area contributed by atoms with Gasteiger partial charge in [0.25, 0.3) is 0 Å². The van der Waals surface area contributed by atoms with Crippen LogP contribution in [0.4, 0.5) is 0 Å². The van der Waals surface area contributed by atoms with E-state index >= 15 is 0 Å². The van der Waals surface area contributed by atoms with Crippen molar-refractivity contribution in [2.45, 2.75) is 104 Å². The van der Waals surface area contributed by atoms with Crippen LogP contribution in [0, 0.1) is 0 Å². The summed E-state index contributed by atoms with van der Waals surface area (Å²) in [6.07, 6.45) is 23.5. The summed E-state index contributed by atoms with van der Waals surface area (Å²) in [6, 6.07) is 0. The fourth-order valence-electron chi connectivity index (χ4n) is 2.54. The molecule has 0 amide bonds. The second-order valence-corrected chi connectivity index (χ2v) is 7.49. The summed E-state index contributed by atoms with van der Waals surface area (Å²) < 4.78 is 0. The summed E-state index contributed by atoms with van der Waals surface area (Å²) in [5, 5.41) is 0. The summed E-state index contributed by atoms with van der Waals surface area (Å²) in [5.74, 6) is 0. The van der Waals surface area contributed by atoms with Gasteiger partial charge in [-0.15, -0.1) is 8.58 Å². The Kier molecular flexibility index (Phi) is 18.8. The molecule has 0 aromatic heterocycles. The molecule has 0 aromatic rings. The lowest BCUT2D eigenvalue weighted by Crippen LogP contribution is -1.85. The Labute approximate surface area is 125 Å². The summed E-state index contributed by atoms with van der Waals surface area (Å²) in [7, 11) is 1.26. The van der Waals surface area contributed by atoms with Crippen LogP contribution in [0.2, 0.25) is 0 Å². The average Bonchev–Trinajstić information content (AvgIpc) is 2.43. The molecule has 0 spiro atoms. The van der Waals surface area contributed by atoms with E-state index in [1.165, 1.54) is 111 Å². The highest BCUT2D eigenvalue weighted by Crippen LogP contribution is 2.18. The highest BCUT2D eigenvalue weighted by molar-refractivity contribution is 7.37. The lowest BCUT2D eigenvalue weighted by Gasteiger charge is -2.03. The van der Waals surface area contributed by atoms with Gasteiger partial charge in [-0.25, -0.2) is 0 Å². The van der Waals surface area contributed by atoms with Gasteiger partial charge in [-0.05, 0) is 25.2 Å². The van der Waals surface area contributed by atoms with Gasteiger partial charge in [0.05, 0.1) is 0 Å². The summed E-state index contributed by atoms with van der Waals surface area (Å²) in [5.41, 5.74) is 0. The van der Waals surface area contributed by atoms with Crippen LogP contribution in [-0.2, 0) is 0 Å². The number of hydrogen-bond acceptors (Lipinski definition) is 0. The number of unbranched alkanes of at least 4 members (excludes halogenated alkanes) is 12. The molecule has 1 heteroatoms. The Morgan fingerprint density at radius 2 is 0.737 bits per heavy atom. The van der Waals surface area contributed by atoms with Crippen molar-refractivity contribution in [1.82, 2.24) is 0 Å². The highest BCUT2D eigenvalue weighted by Gasteiger charge is 1.93. The van der Waals surface area contributed by atoms with Crippen molar-refractivity contribution < 1.29 is 0 Å². The van der Waals surface area contributed by atoms with Crippen molar-refractivity contribution in [2.75, 3.05) is 12.3 Å². The Bertz CT molecular complexity index is 129. The lowest BCUT2D eigenvalue weighted by molar-refractivity contribution is 0.600. The van der Waals surface area contributed by atoms with Crippen LogP contribution >= 0.6 is 8.58 Å². The van der Waals surface area contributed by atoms with E-state index in [-0.39, 0.29) is 0 Å². The van der Waals surface area contributed by atoms with Gasteiger partial charge in [0, 0.05) is 0 Å². The third-order valence-corrected chi connectivity index (χ3v) is 5.33. The quantitative estimate of drug-likeness (QED) is 0.208. The molecule has 0 aromatic carbocycles. The van der Waals surface area contributed by atoms with E-state index < -0.39 is 0 Å². The van der Waals surface area contributed by atoms with Gasteiger partial charge < -0.3 is 0 Å². The fraction of sp³-hybridized carbons (Fsp3) is 1.00. The first kappa shape index (κ1) is 19.4. The van der Waals surface area contributed by atoms with Gasteiger partial charge in [0.2, 0.25) is 0 Å². The third kappa shape index (κ3) is 18.4. The zero-order valence-electron chi connectivity index (χ0n) is 13.8. The topological polar surface area (TPSA) is 0 Å². The normalized spacial score (nSPS) is 11.1. The summed E-state index contributed by atoms with van der Waals surface area (Å²) >= 11 is 0. The van der Waals surface area contributed by atoms with Crippen LogP contribution < -0.4 is 0 Å². The maximum Gasteiger partial charge on any atom is -0.0353 e. The van der Waals surface area contributed by atoms with E-state index in [0.717, 1.165) is 0 Å². The summed E-state index contributed by atoms with van der Waals surface area (Å²) in [6.45, 7) is 4.59. The lowest BCUT2D eigenvalue weighted by atomic mass is 10.1. The van der Waals surface area contributed by atoms with Gasteiger partial charge in [-0.3, -0.25) is 0 Å². The standard InChI is InChI=1S/C18H39P/c1-3-5-7-9-11-13-15-17-19-18-16-14-12-10-8-6-4-2/h19H,3-18H2,1-2H3. The summed E-state index contributed by atoms with van der Waals surface area (Å²) in [4.78, 5) is 0. The molecule has 0 heterocycles. The molecule has 0 radical (unpaired) electrons. The maximum absolute atomic E-state index is 2.30. The molecule has 0 rings (SSSR count). The van der Waals surface area contributed by atoms with E-state index in [0.29, 0.717) is 0 Å². The average molecular weight is 286 g/mol. The van der Waals surface area contributed by atoms with Crippen molar-refractivity contribution in [1.29, 1.82) is 0 Å². The van der Waals surface area contributed by atoms with Gasteiger partial charge in [-0.2, -0.15) is 0 Å². The molecule has 0 N–H and O–H groups in total. The van der Waals surface area contributed by atoms with Crippen LogP contribution in [0.25, 0.3) is 0 Å². The van der Waals surface area contributed by atoms with Gasteiger partial charge in [-0.1, -0.05) is 90.9 Å². The Hall–Kier alpha value is 0.430. The van der Waals surface area contributed by atoms with Crippen molar-refractivity contribution in [3.63, 3.8) is 0 Å². The molecule has 0 aliphatic carbocycles. The zero-order valence-corrected chi connectivity index (χ0v) is 14.8. The molecule has 0 fully saturated rings. The van der Waals surface area contributed by atoms with E-state index in [4.69, 9.17) is 0 Å². The van der Waals surface area contributed by atoms with E-state index in [2.05, 4.69) is 13.8 Å². The highest BCUT2D eigenvalue weighted by atomic mass is 31.1. The molecule has 0 aliphatic heterocycles. The minimum Gasteiger partial charge on any atom is -0.122 e. The monoisotopic (exact) mass is 286 g/mol. The van der Waals surface area contributed by atoms with Gasteiger partial charge in [0.1, 0.15) is 0 Å².